The zero-order chi connectivity index (χ0) is 12.7. The summed E-state index contributed by atoms with van der Waals surface area (Å²) in [5.41, 5.74) is 2.41. The molecule has 3 heteroatoms. The van der Waals surface area contributed by atoms with Gasteiger partial charge >= 0.3 is 0 Å². The summed E-state index contributed by atoms with van der Waals surface area (Å²) in [7, 11) is 1.95. The van der Waals surface area contributed by atoms with E-state index in [0.29, 0.717) is 12.6 Å². The molecule has 0 saturated carbocycles. The average molecular weight is 237 g/mol. The van der Waals surface area contributed by atoms with Gasteiger partial charge in [0.15, 0.2) is 0 Å². The molecule has 17 heavy (non-hydrogen) atoms. The molecule has 1 rings (SSSR count). The molecule has 0 aliphatic heterocycles. The third-order valence-corrected chi connectivity index (χ3v) is 2.90. The summed E-state index contributed by atoms with van der Waals surface area (Å²) in [6.45, 7) is 4.99. The summed E-state index contributed by atoms with van der Waals surface area (Å²) >= 11 is 0. The first-order valence-corrected chi connectivity index (χ1v) is 6.24. The summed E-state index contributed by atoms with van der Waals surface area (Å²) in [5.74, 6) is 0.952. The number of rotatable bonds is 7. The van der Waals surface area contributed by atoms with Crippen molar-refractivity contribution >= 4 is 0 Å². The van der Waals surface area contributed by atoms with E-state index < -0.39 is 0 Å². The van der Waals surface area contributed by atoms with Crippen molar-refractivity contribution in [3.63, 3.8) is 0 Å². The van der Waals surface area contributed by atoms with Crippen molar-refractivity contribution in [3.8, 4) is 5.75 Å². The first kappa shape index (κ1) is 14.0. The van der Waals surface area contributed by atoms with Gasteiger partial charge in [-0.05, 0) is 50.9 Å². The van der Waals surface area contributed by atoms with E-state index in [0.717, 1.165) is 24.2 Å². The van der Waals surface area contributed by atoms with Gasteiger partial charge in [0.1, 0.15) is 5.75 Å². The van der Waals surface area contributed by atoms with Gasteiger partial charge in [0, 0.05) is 12.6 Å². The van der Waals surface area contributed by atoms with E-state index >= 15 is 0 Å². The Morgan fingerprint density at radius 3 is 2.71 bits per heavy atom. The lowest BCUT2D eigenvalue weighted by Gasteiger charge is -2.18. The molecule has 1 unspecified atom stereocenters. The fraction of sp³-hybridized carbons (Fsp3) is 0.571. The molecule has 1 aromatic rings. The van der Waals surface area contributed by atoms with E-state index in [1.807, 2.05) is 20.0 Å². The highest BCUT2D eigenvalue weighted by Gasteiger charge is 2.10. The summed E-state index contributed by atoms with van der Waals surface area (Å²) in [4.78, 5) is 0. The van der Waals surface area contributed by atoms with Crippen LogP contribution < -0.4 is 10.1 Å². The summed E-state index contributed by atoms with van der Waals surface area (Å²) in [6, 6.07) is 6.58. The Morgan fingerprint density at radius 1 is 1.41 bits per heavy atom. The van der Waals surface area contributed by atoms with E-state index in [1.54, 1.807) is 0 Å². The Hall–Kier alpha value is -1.06. The minimum atomic E-state index is 0.244. The maximum Gasteiger partial charge on any atom is 0.122 e. The monoisotopic (exact) mass is 237 g/mol. The van der Waals surface area contributed by atoms with Gasteiger partial charge < -0.3 is 15.2 Å². The molecule has 0 aromatic heterocycles. The standard InChI is InChI=1S/C14H23NO2/c1-4-17-14-8-7-12(10-11(14)2)13(15-3)6-5-9-16/h7-8,10,13,15-16H,4-6,9H2,1-3H3. The fourth-order valence-electron chi connectivity index (χ4n) is 1.98. The molecule has 0 aliphatic rings. The normalized spacial score (nSPS) is 12.5. The molecule has 0 radical (unpaired) electrons. The van der Waals surface area contributed by atoms with Crippen LogP contribution in [-0.4, -0.2) is 25.4 Å². The molecule has 0 heterocycles. The van der Waals surface area contributed by atoms with Crippen LogP contribution in [0, 0.1) is 6.92 Å². The Balaban J connectivity index is 2.79. The molecule has 1 aromatic carbocycles. The Labute approximate surface area is 104 Å². The number of aliphatic hydroxyl groups is 1. The number of aliphatic hydroxyl groups excluding tert-OH is 1. The highest BCUT2D eigenvalue weighted by Crippen LogP contribution is 2.24. The number of benzene rings is 1. The zero-order valence-electron chi connectivity index (χ0n) is 11.0. The number of hydrogen-bond donors (Lipinski definition) is 2. The minimum Gasteiger partial charge on any atom is -0.494 e. The molecule has 0 aliphatic carbocycles. The van der Waals surface area contributed by atoms with Crippen molar-refractivity contribution in [2.75, 3.05) is 20.3 Å². The Kier molecular flexibility index (Phi) is 6.01. The summed E-state index contributed by atoms with van der Waals surface area (Å²) in [6.07, 6.45) is 1.76. The molecule has 1 atom stereocenters. The first-order chi connectivity index (χ1) is 8.22. The van der Waals surface area contributed by atoms with Crippen molar-refractivity contribution in [2.24, 2.45) is 0 Å². The van der Waals surface area contributed by atoms with Gasteiger partial charge in [-0.25, -0.2) is 0 Å². The van der Waals surface area contributed by atoms with Crippen LogP contribution in [0.3, 0.4) is 0 Å². The third-order valence-electron chi connectivity index (χ3n) is 2.90. The maximum atomic E-state index is 8.88. The first-order valence-electron chi connectivity index (χ1n) is 6.24. The lowest BCUT2D eigenvalue weighted by atomic mass is 10.00. The molecule has 2 N–H and O–H groups in total. The number of hydrogen-bond acceptors (Lipinski definition) is 3. The predicted octanol–water partition coefficient (Wildman–Crippen LogP) is 2.43. The number of aryl methyl sites for hydroxylation is 1. The highest BCUT2D eigenvalue weighted by molar-refractivity contribution is 5.37. The quantitative estimate of drug-likeness (QED) is 0.765. The molecule has 0 saturated heterocycles. The Morgan fingerprint density at radius 2 is 2.18 bits per heavy atom. The van der Waals surface area contributed by atoms with Gasteiger partial charge in [0.2, 0.25) is 0 Å². The lowest BCUT2D eigenvalue weighted by Crippen LogP contribution is -2.17. The van der Waals surface area contributed by atoms with Gasteiger partial charge in [-0.15, -0.1) is 0 Å². The highest BCUT2D eigenvalue weighted by atomic mass is 16.5. The molecular weight excluding hydrogens is 214 g/mol. The predicted molar refractivity (Wildman–Crippen MR) is 70.5 cm³/mol. The van der Waals surface area contributed by atoms with Crippen LogP contribution in [0.5, 0.6) is 5.75 Å². The molecule has 0 amide bonds. The van der Waals surface area contributed by atoms with Crippen molar-refractivity contribution in [1.29, 1.82) is 0 Å². The van der Waals surface area contributed by atoms with Gasteiger partial charge in [0.25, 0.3) is 0 Å². The van der Waals surface area contributed by atoms with Crippen LogP contribution in [0.25, 0.3) is 0 Å². The largest absolute Gasteiger partial charge is 0.494 e. The molecule has 0 fully saturated rings. The lowest BCUT2D eigenvalue weighted by molar-refractivity contribution is 0.276. The van der Waals surface area contributed by atoms with E-state index in [2.05, 4.69) is 24.4 Å². The van der Waals surface area contributed by atoms with Crippen LogP contribution in [0.1, 0.15) is 36.9 Å². The second kappa shape index (κ2) is 7.30. The van der Waals surface area contributed by atoms with Gasteiger partial charge in [-0.2, -0.15) is 0 Å². The van der Waals surface area contributed by atoms with E-state index in [1.165, 1.54) is 5.56 Å². The van der Waals surface area contributed by atoms with E-state index in [9.17, 15) is 0 Å². The molecule has 0 spiro atoms. The van der Waals surface area contributed by atoms with Crippen LogP contribution >= 0.6 is 0 Å². The topological polar surface area (TPSA) is 41.5 Å². The smallest absolute Gasteiger partial charge is 0.122 e. The van der Waals surface area contributed by atoms with Crippen LogP contribution in [0.15, 0.2) is 18.2 Å². The van der Waals surface area contributed by atoms with Crippen LogP contribution in [0.2, 0.25) is 0 Å². The fourth-order valence-corrected chi connectivity index (χ4v) is 1.98. The minimum absolute atomic E-state index is 0.244. The average Bonchev–Trinajstić information content (AvgIpc) is 2.33. The van der Waals surface area contributed by atoms with Crippen molar-refractivity contribution in [1.82, 2.24) is 5.32 Å². The van der Waals surface area contributed by atoms with Crippen LogP contribution in [-0.2, 0) is 0 Å². The SMILES string of the molecule is CCOc1ccc(C(CCCO)NC)cc1C. The maximum absolute atomic E-state index is 8.88. The zero-order valence-corrected chi connectivity index (χ0v) is 11.0. The van der Waals surface area contributed by atoms with Gasteiger partial charge in [0.05, 0.1) is 6.61 Å². The Bertz CT molecular complexity index is 339. The molecule has 96 valence electrons. The summed E-state index contributed by atoms with van der Waals surface area (Å²) in [5, 5.41) is 12.2. The molecular formula is C14H23NO2. The van der Waals surface area contributed by atoms with Crippen molar-refractivity contribution in [3.05, 3.63) is 29.3 Å². The number of nitrogens with one attached hydrogen (secondary N) is 1. The second-order valence-electron chi connectivity index (χ2n) is 4.17. The third kappa shape index (κ3) is 4.02. The second-order valence-corrected chi connectivity index (χ2v) is 4.17. The van der Waals surface area contributed by atoms with Gasteiger partial charge in [-0.3, -0.25) is 0 Å². The summed E-state index contributed by atoms with van der Waals surface area (Å²) < 4.78 is 5.53. The molecule has 3 nitrogen and oxygen atoms in total. The van der Waals surface area contributed by atoms with Crippen LogP contribution in [0.4, 0.5) is 0 Å². The van der Waals surface area contributed by atoms with E-state index in [-0.39, 0.29) is 6.61 Å². The van der Waals surface area contributed by atoms with E-state index in [4.69, 9.17) is 9.84 Å². The molecule has 0 bridgehead atoms. The van der Waals surface area contributed by atoms with Crippen molar-refractivity contribution < 1.29 is 9.84 Å². The van der Waals surface area contributed by atoms with Crippen molar-refractivity contribution in [2.45, 2.75) is 32.7 Å². The number of ether oxygens (including phenoxy) is 1. The van der Waals surface area contributed by atoms with Gasteiger partial charge in [-0.1, -0.05) is 12.1 Å².